The van der Waals surface area contributed by atoms with E-state index in [0.29, 0.717) is 12.3 Å². The summed E-state index contributed by atoms with van der Waals surface area (Å²) in [6, 6.07) is 7.24. The van der Waals surface area contributed by atoms with Gasteiger partial charge in [0.15, 0.2) is 0 Å². The zero-order chi connectivity index (χ0) is 18.1. The predicted molar refractivity (Wildman–Crippen MR) is 92.9 cm³/mol. The smallest absolute Gasteiger partial charge is 0.314 e. The van der Waals surface area contributed by atoms with Gasteiger partial charge in [0.05, 0.1) is 26.1 Å². The molecule has 6 nitrogen and oxygen atoms in total. The van der Waals surface area contributed by atoms with Crippen LogP contribution in [-0.2, 0) is 20.7 Å². The molecule has 6 heteroatoms. The molecule has 0 aliphatic carbocycles. The molecule has 0 spiro atoms. The lowest BCUT2D eigenvalue weighted by Gasteiger charge is -2.18. The summed E-state index contributed by atoms with van der Waals surface area (Å²) >= 11 is 0. The number of ether oxygens (including phenoxy) is 2. The number of nitrogens with one attached hydrogen (secondary N) is 1. The number of nitrogens with zero attached hydrogens (tertiary/aromatic N) is 1. The third kappa shape index (κ3) is 6.02. The Morgan fingerprint density at radius 1 is 1.21 bits per heavy atom. The van der Waals surface area contributed by atoms with Crippen LogP contribution in [0.5, 0.6) is 5.75 Å². The summed E-state index contributed by atoms with van der Waals surface area (Å²) in [5, 5.41) is 4.07. The topological polar surface area (TPSA) is 77.0 Å². The van der Waals surface area contributed by atoms with Gasteiger partial charge in [0.25, 0.3) is 0 Å². The van der Waals surface area contributed by atoms with Crippen LogP contribution in [0.25, 0.3) is 0 Å². The third-order valence-corrected chi connectivity index (χ3v) is 3.54. The zero-order valence-corrected chi connectivity index (χ0v) is 15.0. The van der Waals surface area contributed by atoms with Crippen LogP contribution in [0.4, 0.5) is 0 Å². The minimum atomic E-state index is -0.466. The van der Waals surface area contributed by atoms with Crippen molar-refractivity contribution in [2.45, 2.75) is 34.1 Å². The van der Waals surface area contributed by atoms with Crippen molar-refractivity contribution < 1.29 is 19.1 Å². The van der Waals surface area contributed by atoms with Gasteiger partial charge in [0.1, 0.15) is 5.75 Å². The second kappa shape index (κ2) is 9.70. The van der Waals surface area contributed by atoms with Crippen molar-refractivity contribution in [3.8, 4) is 5.75 Å². The molecule has 0 saturated heterocycles. The largest absolute Gasteiger partial charge is 0.497 e. The molecule has 0 radical (unpaired) electrons. The fourth-order valence-corrected chi connectivity index (χ4v) is 2.35. The van der Waals surface area contributed by atoms with Gasteiger partial charge in [-0.25, -0.2) is 5.43 Å². The first-order chi connectivity index (χ1) is 11.4. The van der Waals surface area contributed by atoms with Crippen LogP contribution in [0.2, 0.25) is 0 Å². The number of rotatable bonds is 8. The van der Waals surface area contributed by atoms with Crippen molar-refractivity contribution in [2.75, 3.05) is 13.7 Å². The summed E-state index contributed by atoms with van der Waals surface area (Å²) in [5.74, 6) is -0.260. The first-order valence-electron chi connectivity index (χ1n) is 8.01. The molecule has 0 aromatic heterocycles. The Kier molecular flexibility index (Phi) is 7.95. The number of hydrogen-bond donors (Lipinski definition) is 1. The lowest BCUT2D eigenvalue weighted by molar-refractivity contribution is -0.146. The number of methoxy groups -OCH3 is 1. The van der Waals surface area contributed by atoms with Gasteiger partial charge in [-0.05, 0) is 37.5 Å². The highest BCUT2D eigenvalue weighted by Gasteiger charge is 2.26. The molecule has 0 aliphatic rings. The van der Waals surface area contributed by atoms with Gasteiger partial charge >= 0.3 is 5.97 Å². The summed E-state index contributed by atoms with van der Waals surface area (Å²) in [5.41, 5.74) is 3.89. The van der Waals surface area contributed by atoms with E-state index in [1.165, 1.54) is 0 Å². The molecular weight excluding hydrogens is 308 g/mol. The third-order valence-electron chi connectivity index (χ3n) is 3.54. The highest BCUT2D eigenvalue weighted by Crippen LogP contribution is 2.15. The Bertz CT molecular complexity index is 579. The average molecular weight is 334 g/mol. The van der Waals surface area contributed by atoms with Crippen LogP contribution >= 0.6 is 0 Å². The maximum absolute atomic E-state index is 12.0. The van der Waals surface area contributed by atoms with Crippen LogP contribution in [0.3, 0.4) is 0 Å². The molecule has 1 atom stereocenters. The molecule has 1 aromatic carbocycles. The number of hydrazone groups is 1. The van der Waals surface area contributed by atoms with Crippen LogP contribution in [0, 0.1) is 11.8 Å². The fraction of sp³-hybridized carbons (Fsp3) is 0.500. The van der Waals surface area contributed by atoms with Crippen LogP contribution < -0.4 is 10.2 Å². The van der Waals surface area contributed by atoms with Gasteiger partial charge < -0.3 is 9.47 Å². The van der Waals surface area contributed by atoms with Crippen LogP contribution in [0.15, 0.2) is 29.4 Å². The van der Waals surface area contributed by atoms with Crippen molar-refractivity contribution >= 4 is 17.6 Å². The Labute approximate surface area is 143 Å². The van der Waals surface area contributed by atoms with Crippen LogP contribution in [0.1, 0.15) is 33.3 Å². The van der Waals surface area contributed by atoms with E-state index >= 15 is 0 Å². The highest BCUT2D eigenvalue weighted by atomic mass is 16.5. The normalized spacial score (nSPS) is 12.7. The van der Waals surface area contributed by atoms with E-state index in [4.69, 9.17) is 9.47 Å². The summed E-state index contributed by atoms with van der Waals surface area (Å²) in [6.07, 6.45) is 0.201. The van der Waals surface area contributed by atoms with Gasteiger partial charge in [-0.15, -0.1) is 0 Å². The summed E-state index contributed by atoms with van der Waals surface area (Å²) in [7, 11) is 1.59. The Balaban J connectivity index is 2.67. The molecule has 1 amide bonds. The van der Waals surface area contributed by atoms with E-state index in [1.807, 2.05) is 26.0 Å². The molecule has 1 aromatic rings. The Hall–Kier alpha value is -2.37. The number of esters is 1. The predicted octanol–water partition coefficient (Wildman–Crippen LogP) is 2.57. The molecule has 132 valence electrons. The van der Waals surface area contributed by atoms with Gasteiger partial charge in [-0.2, -0.15) is 5.10 Å². The van der Waals surface area contributed by atoms with Crippen molar-refractivity contribution in [1.82, 2.24) is 5.43 Å². The SMILES string of the molecule is CCOC(=O)[C@H](/C(C)=N/NC(=O)Cc1ccc(OC)cc1)C(C)C. The van der Waals surface area contributed by atoms with Crippen molar-refractivity contribution in [3.05, 3.63) is 29.8 Å². The lowest BCUT2D eigenvalue weighted by Crippen LogP contribution is -2.31. The molecule has 0 bridgehead atoms. The van der Waals surface area contributed by atoms with Gasteiger partial charge in [0, 0.05) is 5.71 Å². The highest BCUT2D eigenvalue weighted by molar-refractivity contribution is 6.01. The number of carbonyl (C=O) groups excluding carboxylic acids is 2. The van der Waals surface area contributed by atoms with Gasteiger partial charge in [0.2, 0.25) is 5.91 Å². The second-order valence-corrected chi connectivity index (χ2v) is 5.79. The van der Waals surface area contributed by atoms with Crippen molar-refractivity contribution in [3.63, 3.8) is 0 Å². The first kappa shape index (κ1) is 19.7. The van der Waals surface area contributed by atoms with E-state index < -0.39 is 5.92 Å². The molecule has 0 saturated carbocycles. The monoisotopic (exact) mass is 334 g/mol. The Morgan fingerprint density at radius 2 is 1.83 bits per heavy atom. The molecule has 1 N–H and O–H groups in total. The molecule has 0 fully saturated rings. The average Bonchev–Trinajstić information content (AvgIpc) is 2.53. The van der Waals surface area contributed by atoms with E-state index in [9.17, 15) is 9.59 Å². The van der Waals surface area contributed by atoms with E-state index in [1.54, 1.807) is 33.1 Å². The lowest BCUT2D eigenvalue weighted by atomic mass is 9.92. The van der Waals surface area contributed by atoms with E-state index in [2.05, 4.69) is 10.5 Å². The standard InChI is InChI=1S/C18H26N2O4/c1-6-24-18(22)17(12(2)3)13(4)19-20-16(21)11-14-7-9-15(23-5)10-8-14/h7-10,12,17H,6,11H2,1-5H3,(H,20,21)/b19-13+/t17-/m0/s1. The van der Waals surface area contributed by atoms with Crippen LogP contribution in [-0.4, -0.2) is 31.3 Å². The fourth-order valence-electron chi connectivity index (χ4n) is 2.35. The van der Waals surface area contributed by atoms with Crippen molar-refractivity contribution in [1.29, 1.82) is 0 Å². The van der Waals surface area contributed by atoms with E-state index in [0.717, 1.165) is 11.3 Å². The number of hydrogen-bond acceptors (Lipinski definition) is 5. The van der Waals surface area contributed by atoms with Crippen molar-refractivity contribution in [2.24, 2.45) is 16.9 Å². The van der Waals surface area contributed by atoms with Gasteiger partial charge in [-0.3, -0.25) is 9.59 Å². The maximum Gasteiger partial charge on any atom is 0.314 e. The minimum Gasteiger partial charge on any atom is -0.497 e. The molecule has 0 unspecified atom stereocenters. The summed E-state index contributed by atoms with van der Waals surface area (Å²) in [6.45, 7) is 7.63. The molecule has 1 rings (SSSR count). The summed E-state index contributed by atoms with van der Waals surface area (Å²) in [4.78, 5) is 24.0. The maximum atomic E-state index is 12.0. The molecule has 24 heavy (non-hydrogen) atoms. The second-order valence-electron chi connectivity index (χ2n) is 5.79. The Morgan fingerprint density at radius 3 is 2.33 bits per heavy atom. The number of benzene rings is 1. The molecule has 0 heterocycles. The zero-order valence-electron chi connectivity index (χ0n) is 15.0. The van der Waals surface area contributed by atoms with Gasteiger partial charge in [-0.1, -0.05) is 26.0 Å². The molecular formula is C18H26N2O4. The first-order valence-corrected chi connectivity index (χ1v) is 8.01. The quantitative estimate of drug-likeness (QED) is 0.450. The number of carbonyl (C=O) groups is 2. The minimum absolute atomic E-state index is 0.0336. The summed E-state index contributed by atoms with van der Waals surface area (Å²) < 4.78 is 10.1. The van der Waals surface area contributed by atoms with E-state index in [-0.39, 0.29) is 24.2 Å². The number of amides is 1. The molecule has 0 aliphatic heterocycles.